The average molecular weight is 463 g/mol. The first-order valence-corrected chi connectivity index (χ1v) is 10.8. The highest BCUT2D eigenvalue weighted by atomic mass is 35.5. The molecule has 0 aliphatic heterocycles. The highest BCUT2D eigenvalue weighted by Gasteiger charge is 2.20. The van der Waals surface area contributed by atoms with Gasteiger partial charge in [0.2, 0.25) is 5.78 Å². The summed E-state index contributed by atoms with van der Waals surface area (Å²) in [4.78, 5) is 26.6. The smallest absolute Gasteiger partial charge is 0.310 e. The minimum Gasteiger partial charge on any atom is -0.497 e. The van der Waals surface area contributed by atoms with Gasteiger partial charge in [-0.2, -0.15) is 0 Å². The summed E-state index contributed by atoms with van der Waals surface area (Å²) < 4.78 is 10.4. The average Bonchev–Trinajstić information content (AvgIpc) is 3.12. The zero-order chi connectivity index (χ0) is 21.8. The molecule has 0 amide bonds. The second-order valence-electron chi connectivity index (χ2n) is 6.87. The summed E-state index contributed by atoms with van der Waals surface area (Å²) in [6.07, 6.45) is -0.162. The number of thiophene rings is 1. The molecule has 1 aromatic heterocycles. The summed E-state index contributed by atoms with van der Waals surface area (Å²) in [6, 6.07) is 13.9. The molecule has 0 aliphatic rings. The maximum Gasteiger partial charge on any atom is 0.310 e. The van der Waals surface area contributed by atoms with Crippen molar-refractivity contribution in [3.05, 3.63) is 74.6 Å². The summed E-state index contributed by atoms with van der Waals surface area (Å²) in [5, 5.41) is 0.841. The van der Waals surface area contributed by atoms with Crippen molar-refractivity contribution in [2.75, 3.05) is 7.11 Å². The maximum atomic E-state index is 13.0. The maximum absolute atomic E-state index is 13.0. The fraction of sp³-hybridized carbons (Fsp3) is 0.217. The van der Waals surface area contributed by atoms with Gasteiger partial charge in [0, 0.05) is 10.4 Å². The second kappa shape index (κ2) is 9.65. The molecule has 7 heteroatoms. The van der Waals surface area contributed by atoms with Crippen molar-refractivity contribution >= 4 is 46.3 Å². The van der Waals surface area contributed by atoms with E-state index >= 15 is 0 Å². The van der Waals surface area contributed by atoms with Crippen molar-refractivity contribution in [1.29, 1.82) is 0 Å². The van der Waals surface area contributed by atoms with Gasteiger partial charge < -0.3 is 9.47 Å². The summed E-state index contributed by atoms with van der Waals surface area (Å²) in [5.74, 6) is 0.186. The molecule has 0 unspecified atom stereocenters. The van der Waals surface area contributed by atoms with Crippen LogP contribution >= 0.6 is 34.5 Å². The number of halogens is 2. The Morgan fingerprint density at radius 1 is 1.00 bits per heavy atom. The zero-order valence-electron chi connectivity index (χ0n) is 16.7. The molecule has 0 radical (unpaired) electrons. The van der Waals surface area contributed by atoms with Crippen LogP contribution in [0.5, 0.6) is 5.75 Å². The lowest BCUT2D eigenvalue weighted by atomic mass is 10.0. The molecule has 0 saturated heterocycles. The molecule has 0 saturated carbocycles. The molecule has 0 bridgehead atoms. The van der Waals surface area contributed by atoms with Gasteiger partial charge in [-0.25, -0.2) is 0 Å². The Balaban J connectivity index is 2.00. The third-order valence-electron chi connectivity index (χ3n) is 4.27. The van der Waals surface area contributed by atoms with Gasteiger partial charge in [-0.05, 0) is 67.4 Å². The van der Waals surface area contributed by atoms with E-state index in [2.05, 4.69) is 0 Å². The van der Waals surface area contributed by atoms with Crippen LogP contribution < -0.4 is 4.74 Å². The first-order chi connectivity index (χ1) is 14.3. The predicted octanol–water partition coefficient (Wildman–Crippen LogP) is 6.46. The number of methoxy groups -OCH3 is 1. The van der Waals surface area contributed by atoms with E-state index in [1.54, 1.807) is 63.4 Å². The van der Waals surface area contributed by atoms with Gasteiger partial charge in [-0.1, -0.05) is 29.3 Å². The van der Waals surface area contributed by atoms with Gasteiger partial charge >= 0.3 is 5.97 Å². The van der Waals surface area contributed by atoms with Crippen LogP contribution in [0.1, 0.15) is 34.6 Å². The van der Waals surface area contributed by atoms with E-state index in [4.69, 9.17) is 32.7 Å². The van der Waals surface area contributed by atoms with Crippen LogP contribution in [0.4, 0.5) is 0 Å². The molecule has 0 aliphatic carbocycles. The van der Waals surface area contributed by atoms with E-state index in [-0.39, 0.29) is 24.3 Å². The van der Waals surface area contributed by atoms with Crippen LogP contribution in [0.3, 0.4) is 0 Å². The van der Waals surface area contributed by atoms with E-state index in [0.717, 1.165) is 10.4 Å². The molecule has 1 heterocycles. The number of esters is 1. The van der Waals surface area contributed by atoms with Crippen LogP contribution in [0, 0.1) is 0 Å². The molecule has 3 aromatic rings. The van der Waals surface area contributed by atoms with E-state index in [1.165, 1.54) is 11.3 Å². The Hall–Kier alpha value is -2.34. The van der Waals surface area contributed by atoms with E-state index < -0.39 is 0 Å². The number of hydrogen-bond donors (Lipinski definition) is 0. The SMILES string of the molecule is COc1ccc(C(=O)c2cc(CC(=O)OC(C)C)c(-c3ccc(Cl)c(Cl)c3)s2)cc1. The topological polar surface area (TPSA) is 52.6 Å². The van der Waals surface area contributed by atoms with Crippen molar-refractivity contribution < 1.29 is 19.1 Å². The first-order valence-electron chi connectivity index (χ1n) is 9.25. The molecule has 30 heavy (non-hydrogen) atoms. The summed E-state index contributed by atoms with van der Waals surface area (Å²) in [5.41, 5.74) is 2.03. The molecule has 3 rings (SSSR count). The van der Waals surface area contributed by atoms with Gasteiger partial charge in [0.1, 0.15) is 5.75 Å². The predicted molar refractivity (Wildman–Crippen MR) is 121 cm³/mol. The first kappa shape index (κ1) is 22.3. The molecule has 0 atom stereocenters. The van der Waals surface area contributed by atoms with Gasteiger partial charge in [0.05, 0.1) is 34.6 Å². The molecular weight excluding hydrogens is 443 g/mol. The van der Waals surface area contributed by atoms with Crippen molar-refractivity contribution in [2.24, 2.45) is 0 Å². The lowest BCUT2D eigenvalue weighted by Gasteiger charge is -2.08. The van der Waals surface area contributed by atoms with Crippen molar-refractivity contribution in [1.82, 2.24) is 0 Å². The number of ketones is 1. The van der Waals surface area contributed by atoms with Crippen LogP contribution in [0.2, 0.25) is 10.0 Å². The Morgan fingerprint density at radius 3 is 2.30 bits per heavy atom. The highest BCUT2D eigenvalue weighted by Crippen LogP contribution is 2.37. The zero-order valence-corrected chi connectivity index (χ0v) is 19.0. The van der Waals surface area contributed by atoms with Crippen LogP contribution in [-0.2, 0) is 16.0 Å². The normalized spacial score (nSPS) is 10.9. The quantitative estimate of drug-likeness (QED) is 0.298. The number of ether oxygens (including phenoxy) is 2. The second-order valence-corrected chi connectivity index (χ2v) is 8.73. The number of benzene rings is 2. The van der Waals surface area contributed by atoms with Gasteiger partial charge in [0.15, 0.2) is 0 Å². The van der Waals surface area contributed by atoms with E-state index in [9.17, 15) is 9.59 Å². The lowest BCUT2D eigenvalue weighted by molar-refractivity contribution is -0.146. The minimum atomic E-state index is -0.354. The largest absolute Gasteiger partial charge is 0.497 e. The highest BCUT2D eigenvalue weighted by molar-refractivity contribution is 7.17. The third-order valence-corrected chi connectivity index (χ3v) is 6.23. The van der Waals surface area contributed by atoms with Gasteiger partial charge in [-0.15, -0.1) is 11.3 Å². The van der Waals surface area contributed by atoms with Crippen molar-refractivity contribution in [3.8, 4) is 16.2 Å². The molecule has 0 spiro atoms. The summed E-state index contributed by atoms with van der Waals surface area (Å²) >= 11 is 13.5. The summed E-state index contributed by atoms with van der Waals surface area (Å²) in [7, 11) is 1.57. The van der Waals surface area contributed by atoms with Gasteiger partial charge in [-0.3, -0.25) is 9.59 Å². The Kier molecular flexibility index (Phi) is 7.19. The van der Waals surface area contributed by atoms with Crippen molar-refractivity contribution in [3.63, 3.8) is 0 Å². The van der Waals surface area contributed by atoms with Crippen LogP contribution in [0.25, 0.3) is 10.4 Å². The molecule has 2 aromatic carbocycles. The molecule has 4 nitrogen and oxygen atoms in total. The standard InChI is InChI=1S/C23H20Cl2O4S/c1-13(2)29-21(26)12-16-11-20(22(27)14-4-7-17(28-3)8-5-14)30-23(16)15-6-9-18(24)19(25)10-15/h4-11,13H,12H2,1-3H3. The Labute approximate surface area is 189 Å². The Morgan fingerprint density at radius 2 is 1.70 bits per heavy atom. The number of rotatable bonds is 7. The monoisotopic (exact) mass is 462 g/mol. The number of hydrogen-bond acceptors (Lipinski definition) is 5. The number of carbonyl (C=O) groups is 2. The Bertz CT molecular complexity index is 1070. The molecule has 0 fully saturated rings. The number of carbonyl (C=O) groups excluding carboxylic acids is 2. The molecule has 156 valence electrons. The van der Waals surface area contributed by atoms with Crippen LogP contribution in [0.15, 0.2) is 48.5 Å². The van der Waals surface area contributed by atoms with E-state index in [0.29, 0.717) is 31.8 Å². The van der Waals surface area contributed by atoms with E-state index in [1.807, 2.05) is 6.07 Å². The minimum absolute atomic E-state index is 0.0557. The van der Waals surface area contributed by atoms with Crippen molar-refractivity contribution in [2.45, 2.75) is 26.4 Å². The molecular formula is C23H20Cl2O4S. The summed E-state index contributed by atoms with van der Waals surface area (Å²) in [6.45, 7) is 3.59. The lowest BCUT2D eigenvalue weighted by Crippen LogP contribution is -2.13. The van der Waals surface area contributed by atoms with Gasteiger partial charge in [0.25, 0.3) is 0 Å². The fourth-order valence-corrected chi connectivity index (χ4v) is 4.34. The molecule has 0 N–H and O–H groups in total. The third kappa shape index (κ3) is 5.22. The fourth-order valence-electron chi connectivity index (χ4n) is 2.90. The van der Waals surface area contributed by atoms with Crippen LogP contribution in [-0.4, -0.2) is 25.0 Å².